The van der Waals surface area contributed by atoms with Crippen LogP contribution in [-0.2, 0) is 9.59 Å². The van der Waals surface area contributed by atoms with Crippen LogP contribution in [0.15, 0.2) is 0 Å². The summed E-state index contributed by atoms with van der Waals surface area (Å²) in [4.78, 5) is 23.5. The maximum Gasteiger partial charge on any atom is 0.323 e. The zero-order chi connectivity index (χ0) is 11.8. The first kappa shape index (κ1) is 13.9. The second-order valence-corrected chi connectivity index (χ2v) is 3.55. The van der Waals surface area contributed by atoms with E-state index in [9.17, 15) is 9.59 Å². The normalized spacial score (nSPS) is 12.2. The Balaban J connectivity index is 4.32. The maximum atomic E-state index is 11.7. The average Bonchev–Trinajstić information content (AvgIpc) is 2.16. The molecule has 0 aromatic heterocycles. The summed E-state index contributed by atoms with van der Waals surface area (Å²) in [7, 11) is 0. The van der Waals surface area contributed by atoms with Gasteiger partial charge in [0.25, 0.3) is 0 Å². The molecule has 0 bridgehead atoms. The molecule has 5 nitrogen and oxygen atoms in total. The van der Waals surface area contributed by atoms with Gasteiger partial charge in [-0.2, -0.15) is 0 Å². The van der Waals surface area contributed by atoms with Crippen LogP contribution in [0.3, 0.4) is 0 Å². The van der Waals surface area contributed by atoms with E-state index in [1.54, 1.807) is 0 Å². The Morgan fingerprint density at radius 2 is 1.93 bits per heavy atom. The molecule has 0 spiro atoms. The summed E-state index contributed by atoms with van der Waals surface area (Å²) in [6, 6.07) is -0.569. The van der Waals surface area contributed by atoms with Crippen LogP contribution >= 0.6 is 0 Å². The summed E-state index contributed by atoms with van der Waals surface area (Å²) in [5.74, 6) is -1.26. The van der Waals surface area contributed by atoms with Gasteiger partial charge in [-0.05, 0) is 12.8 Å². The molecule has 0 saturated heterocycles. The van der Waals surface area contributed by atoms with Crippen molar-refractivity contribution in [2.24, 2.45) is 5.73 Å². The van der Waals surface area contributed by atoms with E-state index in [1.165, 1.54) is 4.90 Å². The standard InChI is InChI=1S/C10H20N2O3/c1-3-5-8(11)10(15)12(6-4-2)7-9(13)14/h8H,3-7,11H2,1-2H3,(H,13,14). The molecule has 0 rings (SSSR count). The Kier molecular flexibility index (Phi) is 6.70. The van der Waals surface area contributed by atoms with Gasteiger partial charge in [-0.25, -0.2) is 0 Å². The van der Waals surface area contributed by atoms with Gasteiger partial charge in [0, 0.05) is 6.54 Å². The number of amides is 1. The molecule has 0 aromatic rings. The third kappa shape index (κ3) is 5.37. The van der Waals surface area contributed by atoms with E-state index in [0.717, 1.165) is 12.8 Å². The highest BCUT2D eigenvalue weighted by atomic mass is 16.4. The first-order chi connectivity index (χ1) is 7.02. The van der Waals surface area contributed by atoms with Crippen molar-refractivity contribution in [3.05, 3.63) is 0 Å². The minimum absolute atomic E-state index is 0.260. The van der Waals surface area contributed by atoms with Crippen LogP contribution in [-0.4, -0.2) is 41.0 Å². The van der Waals surface area contributed by atoms with Gasteiger partial charge in [-0.3, -0.25) is 9.59 Å². The lowest BCUT2D eigenvalue weighted by molar-refractivity contribution is -0.145. The number of carboxylic acids is 1. The zero-order valence-electron chi connectivity index (χ0n) is 9.40. The molecule has 0 saturated carbocycles. The average molecular weight is 216 g/mol. The Hall–Kier alpha value is -1.10. The van der Waals surface area contributed by atoms with Crippen molar-refractivity contribution in [1.29, 1.82) is 0 Å². The van der Waals surface area contributed by atoms with Crippen molar-refractivity contribution in [3.63, 3.8) is 0 Å². The Bertz CT molecular complexity index is 219. The smallest absolute Gasteiger partial charge is 0.323 e. The minimum atomic E-state index is -1.000. The fourth-order valence-corrected chi connectivity index (χ4v) is 1.37. The summed E-state index contributed by atoms with van der Waals surface area (Å²) in [5.41, 5.74) is 5.65. The van der Waals surface area contributed by atoms with Crippen LogP contribution in [0.25, 0.3) is 0 Å². The highest BCUT2D eigenvalue weighted by Gasteiger charge is 2.21. The summed E-state index contributed by atoms with van der Waals surface area (Å²) in [6.45, 7) is 4.02. The van der Waals surface area contributed by atoms with E-state index in [2.05, 4.69) is 0 Å². The zero-order valence-corrected chi connectivity index (χ0v) is 9.40. The topological polar surface area (TPSA) is 83.6 Å². The lowest BCUT2D eigenvalue weighted by Crippen LogP contribution is -2.46. The third-order valence-electron chi connectivity index (χ3n) is 2.05. The number of rotatable bonds is 7. The quantitative estimate of drug-likeness (QED) is 0.646. The van der Waals surface area contributed by atoms with E-state index in [0.29, 0.717) is 13.0 Å². The Labute approximate surface area is 90.2 Å². The van der Waals surface area contributed by atoms with E-state index in [1.807, 2.05) is 13.8 Å². The van der Waals surface area contributed by atoms with E-state index in [4.69, 9.17) is 10.8 Å². The Morgan fingerprint density at radius 1 is 1.33 bits per heavy atom. The molecule has 0 fully saturated rings. The lowest BCUT2D eigenvalue weighted by atomic mass is 10.1. The molecule has 0 radical (unpaired) electrons. The lowest BCUT2D eigenvalue weighted by Gasteiger charge is -2.23. The highest BCUT2D eigenvalue weighted by molar-refractivity contribution is 5.85. The predicted molar refractivity (Wildman–Crippen MR) is 57.4 cm³/mol. The molecule has 15 heavy (non-hydrogen) atoms. The fourth-order valence-electron chi connectivity index (χ4n) is 1.37. The van der Waals surface area contributed by atoms with E-state index in [-0.39, 0.29) is 12.5 Å². The first-order valence-corrected chi connectivity index (χ1v) is 5.29. The van der Waals surface area contributed by atoms with Gasteiger partial charge in [0.2, 0.25) is 5.91 Å². The number of carboxylic acid groups (broad SMARTS) is 1. The first-order valence-electron chi connectivity index (χ1n) is 5.29. The van der Waals surface area contributed by atoms with Crippen LogP contribution in [0, 0.1) is 0 Å². The second-order valence-electron chi connectivity index (χ2n) is 3.55. The van der Waals surface area contributed by atoms with Gasteiger partial charge in [-0.1, -0.05) is 20.3 Å². The number of carbonyl (C=O) groups is 2. The highest BCUT2D eigenvalue weighted by Crippen LogP contribution is 2.01. The molecule has 3 N–H and O–H groups in total. The van der Waals surface area contributed by atoms with Crippen molar-refractivity contribution in [2.75, 3.05) is 13.1 Å². The molecule has 0 aliphatic carbocycles. The SMILES string of the molecule is CCCC(N)C(=O)N(CCC)CC(=O)O. The maximum absolute atomic E-state index is 11.7. The van der Waals surface area contributed by atoms with Crippen LogP contribution in [0.5, 0.6) is 0 Å². The molecule has 0 heterocycles. The van der Waals surface area contributed by atoms with Crippen molar-refractivity contribution in [1.82, 2.24) is 4.90 Å². The number of carbonyl (C=O) groups excluding carboxylic acids is 1. The van der Waals surface area contributed by atoms with E-state index < -0.39 is 12.0 Å². The summed E-state index contributed by atoms with van der Waals surface area (Å²) in [6.07, 6.45) is 2.15. The van der Waals surface area contributed by atoms with Gasteiger partial charge in [0.15, 0.2) is 0 Å². The fraction of sp³-hybridized carbons (Fsp3) is 0.800. The van der Waals surface area contributed by atoms with Crippen LogP contribution in [0.2, 0.25) is 0 Å². The molecule has 0 aliphatic rings. The van der Waals surface area contributed by atoms with Crippen LogP contribution < -0.4 is 5.73 Å². The second kappa shape index (κ2) is 7.23. The number of nitrogens with two attached hydrogens (primary N) is 1. The van der Waals surface area contributed by atoms with Crippen molar-refractivity contribution < 1.29 is 14.7 Å². The van der Waals surface area contributed by atoms with Gasteiger partial charge in [0.1, 0.15) is 6.54 Å². The van der Waals surface area contributed by atoms with Crippen molar-refractivity contribution in [3.8, 4) is 0 Å². The van der Waals surface area contributed by atoms with Crippen LogP contribution in [0.4, 0.5) is 0 Å². The minimum Gasteiger partial charge on any atom is -0.480 e. The van der Waals surface area contributed by atoms with Gasteiger partial charge < -0.3 is 15.7 Å². The van der Waals surface area contributed by atoms with Crippen molar-refractivity contribution in [2.45, 2.75) is 39.2 Å². The molecule has 88 valence electrons. The largest absolute Gasteiger partial charge is 0.480 e. The Morgan fingerprint density at radius 3 is 2.33 bits per heavy atom. The molecule has 1 amide bonds. The van der Waals surface area contributed by atoms with Gasteiger partial charge in [-0.15, -0.1) is 0 Å². The monoisotopic (exact) mass is 216 g/mol. The van der Waals surface area contributed by atoms with E-state index >= 15 is 0 Å². The molecule has 0 aliphatic heterocycles. The summed E-state index contributed by atoms with van der Waals surface area (Å²) >= 11 is 0. The van der Waals surface area contributed by atoms with Gasteiger partial charge >= 0.3 is 5.97 Å². The number of aliphatic carboxylic acids is 1. The summed E-state index contributed by atoms with van der Waals surface area (Å²) in [5, 5.41) is 8.64. The molecular formula is C10H20N2O3. The number of nitrogens with zero attached hydrogens (tertiary/aromatic N) is 1. The number of hydrogen-bond donors (Lipinski definition) is 2. The third-order valence-corrected chi connectivity index (χ3v) is 2.05. The predicted octanol–water partition coefficient (Wildman–Crippen LogP) is 0.437. The summed E-state index contributed by atoms with van der Waals surface area (Å²) < 4.78 is 0. The molecule has 1 atom stereocenters. The molecule has 1 unspecified atom stereocenters. The van der Waals surface area contributed by atoms with Crippen molar-refractivity contribution >= 4 is 11.9 Å². The van der Waals surface area contributed by atoms with Gasteiger partial charge in [0.05, 0.1) is 6.04 Å². The number of hydrogen-bond acceptors (Lipinski definition) is 3. The van der Waals surface area contributed by atoms with Crippen LogP contribution in [0.1, 0.15) is 33.1 Å². The molecular weight excluding hydrogens is 196 g/mol. The molecule has 0 aromatic carbocycles. The molecule has 5 heteroatoms.